The number of hydrogen-bond acceptors (Lipinski definition) is 7. The zero-order valence-electron chi connectivity index (χ0n) is 15.3. The Hall–Kier alpha value is -3.20. The van der Waals surface area contributed by atoms with Crippen molar-refractivity contribution in [2.75, 3.05) is 40.5 Å². The van der Waals surface area contributed by atoms with Crippen LogP contribution in [0.4, 0.5) is 0 Å². The number of ether oxygens (including phenoxy) is 2. The molecule has 1 fully saturated rings. The van der Waals surface area contributed by atoms with E-state index in [-0.39, 0.29) is 5.91 Å². The van der Waals surface area contributed by atoms with E-state index >= 15 is 0 Å². The van der Waals surface area contributed by atoms with Crippen LogP contribution < -0.4 is 10.5 Å². The molecule has 3 rings (SSSR count). The third-order valence-corrected chi connectivity index (χ3v) is 4.10. The molecule has 2 aromatic rings. The Morgan fingerprint density at radius 2 is 2.15 bits per heavy atom. The highest BCUT2D eigenvalue weighted by molar-refractivity contribution is 5.94. The van der Waals surface area contributed by atoms with Crippen LogP contribution in [0.1, 0.15) is 16.2 Å². The Morgan fingerprint density at radius 1 is 1.37 bits per heavy atom. The molecule has 0 aliphatic carbocycles. The molecule has 2 N–H and O–H groups in total. The number of allylic oxidation sites excluding steroid dienone is 1. The molecule has 0 atom stereocenters. The number of aromatic nitrogens is 3. The standard InChI is InChI=1S/C18H22N6O3/c1-20-6-5-14(19)16-11-15(18(25)23-7-9-27-10-8-23)22-24(16)13-3-4-17(26-2)21-12-13/h3-6,11-12H,7-10,19H2,1-2H3/b14-5-,20-6?. The number of nitrogens with zero attached hydrogens (tertiary/aromatic N) is 5. The topological polar surface area (TPSA) is 108 Å². The maximum absolute atomic E-state index is 12.8. The number of carbonyl (C=O) groups excluding carboxylic acids is 1. The molecule has 9 heteroatoms. The first kappa shape index (κ1) is 18.6. The van der Waals surface area contributed by atoms with E-state index in [1.807, 2.05) is 0 Å². The molecule has 0 spiro atoms. The second-order valence-electron chi connectivity index (χ2n) is 5.82. The van der Waals surface area contributed by atoms with Gasteiger partial charge in [0.2, 0.25) is 5.88 Å². The molecular weight excluding hydrogens is 348 g/mol. The van der Waals surface area contributed by atoms with Crippen molar-refractivity contribution < 1.29 is 14.3 Å². The zero-order valence-corrected chi connectivity index (χ0v) is 15.3. The first-order valence-corrected chi connectivity index (χ1v) is 8.50. The monoisotopic (exact) mass is 370 g/mol. The second kappa shape index (κ2) is 8.45. The van der Waals surface area contributed by atoms with Gasteiger partial charge in [-0.15, -0.1) is 0 Å². The van der Waals surface area contributed by atoms with Gasteiger partial charge in [-0.05, 0) is 18.2 Å². The molecule has 142 valence electrons. The van der Waals surface area contributed by atoms with Crippen molar-refractivity contribution in [1.82, 2.24) is 19.7 Å². The fourth-order valence-corrected chi connectivity index (χ4v) is 2.68. The van der Waals surface area contributed by atoms with Crippen molar-refractivity contribution in [3.8, 4) is 11.6 Å². The highest BCUT2D eigenvalue weighted by Gasteiger charge is 2.23. The normalized spacial score (nSPS) is 15.3. The molecule has 3 heterocycles. The van der Waals surface area contributed by atoms with E-state index in [0.29, 0.717) is 55.0 Å². The van der Waals surface area contributed by atoms with E-state index in [1.54, 1.807) is 60.4 Å². The predicted octanol–water partition coefficient (Wildman–Crippen LogP) is 0.749. The van der Waals surface area contributed by atoms with Crippen LogP contribution >= 0.6 is 0 Å². The van der Waals surface area contributed by atoms with Crippen molar-refractivity contribution in [3.05, 3.63) is 41.9 Å². The average molecular weight is 370 g/mol. The first-order valence-electron chi connectivity index (χ1n) is 8.50. The van der Waals surface area contributed by atoms with Crippen LogP contribution in [0.3, 0.4) is 0 Å². The molecule has 0 radical (unpaired) electrons. The van der Waals surface area contributed by atoms with Gasteiger partial charge in [0.25, 0.3) is 5.91 Å². The van der Waals surface area contributed by atoms with Crippen molar-refractivity contribution in [2.45, 2.75) is 0 Å². The average Bonchev–Trinajstić information content (AvgIpc) is 3.17. The number of rotatable bonds is 5. The summed E-state index contributed by atoms with van der Waals surface area (Å²) >= 11 is 0. The summed E-state index contributed by atoms with van der Waals surface area (Å²) in [4.78, 5) is 22.6. The molecular formula is C18H22N6O3. The van der Waals surface area contributed by atoms with Crippen molar-refractivity contribution in [3.63, 3.8) is 0 Å². The SMILES string of the molecule is CN=C/C=C(\N)c1cc(C(=O)N2CCOCC2)nn1-c1ccc(OC)nc1. The summed E-state index contributed by atoms with van der Waals surface area (Å²) in [5.74, 6) is 0.329. The Morgan fingerprint density at radius 3 is 2.78 bits per heavy atom. The summed E-state index contributed by atoms with van der Waals surface area (Å²) in [6, 6.07) is 5.20. The molecule has 27 heavy (non-hydrogen) atoms. The second-order valence-corrected chi connectivity index (χ2v) is 5.82. The van der Waals surface area contributed by atoms with Crippen LogP contribution in [0.2, 0.25) is 0 Å². The number of amides is 1. The molecule has 0 bridgehead atoms. The lowest BCUT2D eigenvalue weighted by Crippen LogP contribution is -2.40. The van der Waals surface area contributed by atoms with Gasteiger partial charge in [0, 0.05) is 32.4 Å². The Bertz CT molecular complexity index is 850. The largest absolute Gasteiger partial charge is 0.481 e. The predicted molar refractivity (Wildman–Crippen MR) is 101 cm³/mol. The van der Waals surface area contributed by atoms with E-state index in [0.717, 1.165) is 0 Å². The number of pyridine rings is 1. The van der Waals surface area contributed by atoms with Crippen LogP contribution in [-0.2, 0) is 4.74 Å². The smallest absolute Gasteiger partial charge is 0.274 e. The summed E-state index contributed by atoms with van der Waals surface area (Å²) in [5.41, 5.74) is 8.18. The lowest BCUT2D eigenvalue weighted by atomic mass is 10.2. The van der Waals surface area contributed by atoms with Gasteiger partial charge in [-0.25, -0.2) is 9.67 Å². The van der Waals surface area contributed by atoms with E-state index in [2.05, 4.69) is 15.1 Å². The minimum atomic E-state index is -0.156. The van der Waals surface area contributed by atoms with Gasteiger partial charge in [-0.3, -0.25) is 9.79 Å². The van der Waals surface area contributed by atoms with Gasteiger partial charge in [-0.2, -0.15) is 5.10 Å². The molecule has 1 amide bonds. The van der Waals surface area contributed by atoms with Gasteiger partial charge in [-0.1, -0.05) is 0 Å². The van der Waals surface area contributed by atoms with Crippen LogP contribution in [0, 0.1) is 0 Å². The van der Waals surface area contributed by atoms with E-state index in [9.17, 15) is 4.79 Å². The van der Waals surface area contributed by atoms with Crippen molar-refractivity contribution in [2.24, 2.45) is 10.7 Å². The highest BCUT2D eigenvalue weighted by atomic mass is 16.5. The molecule has 1 aliphatic heterocycles. The fourth-order valence-electron chi connectivity index (χ4n) is 2.68. The summed E-state index contributed by atoms with van der Waals surface area (Å²) in [6.07, 6.45) is 4.86. The highest BCUT2D eigenvalue weighted by Crippen LogP contribution is 2.19. The Labute approximate surface area is 157 Å². The van der Waals surface area contributed by atoms with Crippen LogP contribution in [0.15, 0.2) is 35.5 Å². The molecule has 1 aliphatic rings. The molecule has 2 aromatic heterocycles. The number of methoxy groups -OCH3 is 1. The number of aliphatic imine (C=N–C) groups is 1. The van der Waals surface area contributed by atoms with Gasteiger partial charge in [0.15, 0.2) is 5.69 Å². The van der Waals surface area contributed by atoms with Crippen molar-refractivity contribution in [1.29, 1.82) is 0 Å². The van der Waals surface area contributed by atoms with Crippen LogP contribution in [0.5, 0.6) is 5.88 Å². The molecule has 0 unspecified atom stereocenters. The Kier molecular flexibility index (Phi) is 5.82. The maximum Gasteiger partial charge on any atom is 0.274 e. The van der Waals surface area contributed by atoms with Crippen molar-refractivity contribution >= 4 is 17.8 Å². The summed E-state index contributed by atoms with van der Waals surface area (Å²) in [6.45, 7) is 2.13. The third-order valence-electron chi connectivity index (χ3n) is 4.10. The lowest BCUT2D eigenvalue weighted by molar-refractivity contribution is 0.0298. The number of nitrogens with two attached hydrogens (primary N) is 1. The summed E-state index contributed by atoms with van der Waals surface area (Å²) in [7, 11) is 3.20. The number of carbonyl (C=O) groups is 1. The number of hydrogen-bond donors (Lipinski definition) is 1. The van der Waals surface area contributed by atoms with Crippen LogP contribution in [-0.4, -0.2) is 72.2 Å². The first-order chi connectivity index (χ1) is 13.1. The van der Waals surface area contributed by atoms with Crippen LogP contribution in [0.25, 0.3) is 11.4 Å². The quantitative estimate of drug-likeness (QED) is 0.778. The minimum absolute atomic E-state index is 0.156. The van der Waals surface area contributed by atoms with Gasteiger partial charge in [0.1, 0.15) is 0 Å². The van der Waals surface area contributed by atoms with E-state index < -0.39 is 0 Å². The molecule has 0 saturated carbocycles. The van der Waals surface area contributed by atoms with E-state index in [4.69, 9.17) is 15.2 Å². The molecule has 9 nitrogen and oxygen atoms in total. The third kappa shape index (κ3) is 4.14. The Balaban J connectivity index is 2.01. The number of morpholine rings is 1. The minimum Gasteiger partial charge on any atom is -0.481 e. The summed E-state index contributed by atoms with van der Waals surface area (Å²) in [5, 5.41) is 4.48. The van der Waals surface area contributed by atoms with Gasteiger partial charge < -0.3 is 20.1 Å². The maximum atomic E-state index is 12.8. The zero-order chi connectivity index (χ0) is 19.2. The molecule has 0 aromatic carbocycles. The summed E-state index contributed by atoms with van der Waals surface area (Å²) < 4.78 is 12.0. The van der Waals surface area contributed by atoms with Gasteiger partial charge in [0.05, 0.1) is 43.6 Å². The van der Waals surface area contributed by atoms with E-state index in [1.165, 1.54) is 0 Å². The lowest BCUT2D eigenvalue weighted by Gasteiger charge is -2.25. The molecule has 1 saturated heterocycles. The van der Waals surface area contributed by atoms with Gasteiger partial charge >= 0.3 is 0 Å². The fraction of sp³-hybridized carbons (Fsp3) is 0.333.